The highest BCUT2D eigenvalue weighted by Gasteiger charge is 2.24. The summed E-state index contributed by atoms with van der Waals surface area (Å²) in [5.41, 5.74) is 0.665. The Morgan fingerprint density at radius 3 is 2.74 bits per heavy atom. The summed E-state index contributed by atoms with van der Waals surface area (Å²) in [4.78, 5) is 0. The van der Waals surface area contributed by atoms with Gasteiger partial charge in [0.1, 0.15) is 5.82 Å². The first-order valence-corrected chi connectivity index (χ1v) is 7.34. The maximum absolute atomic E-state index is 13.9. The third-order valence-electron chi connectivity index (χ3n) is 3.51. The average molecular weight is 265 g/mol. The van der Waals surface area contributed by atoms with Crippen molar-refractivity contribution in [2.24, 2.45) is 0 Å². The minimum absolute atomic E-state index is 0.163. The first-order valence-electron chi connectivity index (χ1n) is 7.34. The Kier molecular flexibility index (Phi) is 5.34. The molecule has 1 fully saturated rings. The van der Waals surface area contributed by atoms with E-state index < -0.39 is 0 Å². The summed E-state index contributed by atoms with van der Waals surface area (Å²) in [5.74, 6) is -0.172. The first kappa shape index (κ1) is 14.5. The van der Waals surface area contributed by atoms with E-state index in [1.165, 1.54) is 18.9 Å². The van der Waals surface area contributed by atoms with E-state index in [9.17, 15) is 4.39 Å². The lowest BCUT2D eigenvalue weighted by Crippen LogP contribution is -2.28. The zero-order valence-electron chi connectivity index (χ0n) is 11.9. The molecule has 0 spiro atoms. The van der Waals surface area contributed by atoms with Crippen LogP contribution in [0.5, 0.6) is 0 Å². The van der Waals surface area contributed by atoms with Crippen molar-refractivity contribution in [1.82, 2.24) is 5.32 Å². The maximum Gasteiger partial charge on any atom is 0.129 e. The zero-order valence-corrected chi connectivity index (χ0v) is 11.9. The van der Waals surface area contributed by atoms with Gasteiger partial charge >= 0.3 is 0 Å². The molecule has 1 aromatic carbocycles. The van der Waals surface area contributed by atoms with E-state index in [0.29, 0.717) is 18.2 Å². The molecule has 1 saturated carbocycles. The van der Waals surface area contributed by atoms with E-state index in [1.807, 2.05) is 12.1 Å². The summed E-state index contributed by atoms with van der Waals surface area (Å²) in [6.45, 7) is 4.90. The average Bonchev–Trinajstić information content (AvgIpc) is 3.19. The van der Waals surface area contributed by atoms with Gasteiger partial charge in [-0.25, -0.2) is 4.39 Å². The van der Waals surface area contributed by atoms with E-state index in [-0.39, 0.29) is 18.0 Å². The molecular formula is C16H24FNO. The predicted octanol–water partition coefficient (Wildman–Crippen LogP) is 3.82. The van der Waals surface area contributed by atoms with Crippen LogP contribution in [0.2, 0.25) is 0 Å². The van der Waals surface area contributed by atoms with Crippen LogP contribution < -0.4 is 5.32 Å². The lowest BCUT2D eigenvalue weighted by molar-refractivity contribution is -0.00910. The number of benzene rings is 1. The standard InChI is InChI=1S/C16H24FNO/c1-3-6-12(2)19-16(11-18-13-9-10-13)14-7-4-5-8-15(14)17/h4-5,7-8,12-13,16,18H,3,6,9-11H2,1-2H3. The molecule has 19 heavy (non-hydrogen) atoms. The van der Waals surface area contributed by atoms with Gasteiger partial charge in [-0.1, -0.05) is 31.5 Å². The predicted molar refractivity (Wildman–Crippen MR) is 75.6 cm³/mol. The zero-order chi connectivity index (χ0) is 13.7. The molecule has 1 aromatic rings. The molecule has 2 unspecified atom stereocenters. The van der Waals surface area contributed by atoms with Crippen molar-refractivity contribution in [3.8, 4) is 0 Å². The molecule has 2 rings (SSSR count). The van der Waals surface area contributed by atoms with Gasteiger partial charge in [0.25, 0.3) is 0 Å². The molecule has 0 saturated heterocycles. The van der Waals surface area contributed by atoms with Gasteiger partial charge in [0.15, 0.2) is 0 Å². The Morgan fingerprint density at radius 1 is 1.37 bits per heavy atom. The largest absolute Gasteiger partial charge is 0.369 e. The van der Waals surface area contributed by atoms with Gasteiger partial charge in [-0.2, -0.15) is 0 Å². The van der Waals surface area contributed by atoms with Crippen LogP contribution in [-0.2, 0) is 4.74 Å². The van der Waals surface area contributed by atoms with E-state index in [2.05, 4.69) is 19.2 Å². The SMILES string of the molecule is CCCC(C)OC(CNC1CC1)c1ccccc1F. The molecule has 2 atom stereocenters. The highest BCUT2D eigenvalue weighted by atomic mass is 19.1. The van der Waals surface area contributed by atoms with Crippen molar-refractivity contribution >= 4 is 0 Å². The monoisotopic (exact) mass is 265 g/mol. The second kappa shape index (κ2) is 7.01. The Hall–Kier alpha value is -0.930. The summed E-state index contributed by atoms with van der Waals surface area (Å²) >= 11 is 0. The Balaban J connectivity index is 2.01. The number of rotatable bonds is 8. The van der Waals surface area contributed by atoms with Crippen molar-refractivity contribution in [1.29, 1.82) is 0 Å². The molecule has 0 aliphatic heterocycles. The molecule has 0 amide bonds. The summed E-state index contributed by atoms with van der Waals surface area (Å²) < 4.78 is 19.9. The van der Waals surface area contributed by atoms with E-state index in [0.717, 1.165) is 12.8 Å². The highest BCUT2D eigenvalue weighted by molar-refractivity contribution is 5.20. The number of hydrogen-bond acceptors (Lipinski definition) is 2. The van der Waals surface area contributed by atoms with Crippen molar-refractivity contribution in [2.45, 2.75) is 57.8 Å². The third kappa shape index (κ3) is 4.59. The van der Waals surface area contributed by atoms with Crippen LogP contribution in [0.25, 0.3) is 0 Å². The number of nitrogens with one attached hydrogen (secondary N) is 1. The second-order valence-corrected chi connectivity index (χ2v) is 5.43. The van der Waals surface area contributed by atoms with Gasteiger partial charge in [0.2, 0.25) is 0 Å². The fourth-order valence-corrected chi connectivity index (χ4v) is 2.28. The molecule has 0 heterocycles. The van der Waals surface area contributed by atoms with Crippen LogP contribution in [0, 0.1) is 5.82 Å². The van der Waals surface area contributed by atoms with Gasteiger partial charge in [-0.05, 0) is 32.3 Å². The van der Waals surface area contributed by atoms with Gasteiger partial charge in [0.05, 0.1) is 12.2 Å². The van der Waals surface area contributed by atoms with Crippen LogP contribution in [0.3, 0.4) is 0 Å². The number of hydrogen-bond donors (Lipinski definition) is 1. The summed E-state index contributed by atoms with van der Waals surface area (Å²) in [5, 5.41) is 3.44. The minimum atomic E-state index is -0.191. The van der Waals surface area contributed by atoms with Crippen LogP contribution in [0.4, 0.5) is 4.39 Å². The van der Waals surface area contributed by atoms with Crippen LogP contribution >= 0.6 is 0 Å². The fourth-order valence-electron chi connectivity index (χ4n) is 2.28. The van der Waals surface area contributed by atoms with E-state index in [4.69, 9.17) is 4.74 Å². The second-order valence-electron chi connectivity index (χ2n) is 5.43. The Labute approximate surface area is 115 Å². The quantitative estimate of drug-likeness (QED) is 0.771. The van der Waals surface area contributed by atoms with Gasteiger partial charge in [-0.15, -0.1) is 0 Å². The van der Waals surface area contributed by atoms with Crippen molar-refractivity contribution < 1.29 is 9.13 Å². The Morgan fingerprint density at radius 2 is 2.11 bits per heavy atom. The molecule has 0 aromatic heterocycles. The topological polar surface area (TPSA) is 21.3 Å². The molecule has 0 radical (unpaired) electrons. The summed E-state index contributed by atoms with van der Waals surface area (Å²) in [6, 6.07) is 7.54. The first-order chi connectivity index (χ1) is 9.20. The lowest BCUT2D eigenvalue weighted by atomic mass is 10.1. The van der Waals surface area contributed by atoms with Gasteiger partial charge < -0.3 is 10.1 Å². The fraction of sp³-hybridized carbons (Fsp3) is 0.625. The minimum Gasteiger partial charge on any atom is -0.369 e. The van der Waals surface area contributed by atoms with Crippen molar-refractivity contribution in [2.75, 3.05) is 6.54 Å². The van der Waals surface area contributed by atoms with E-state index >= 15 is 0 Å². The summed E-state index contributed by atoms with van der Waals surface area (Å²) in [6.07, 6.45) is 4.53. The van der Waals surface area contributed by atoms with E-state index in [1.54, 1.807) is 6.07 Å². The molecule has 1 N–H and O–H groups in total. The molecule has 1 aliphatic carbocycles. The Bertz CT molecular complexity index is 392. The molecule has 3 heteroatoms. The lowest BCUT2D eigenvalue weighted by Gasteiger charge is -2.23. The normalized spacial score (nSPS) is 18.3. The van der Waals surface area contributed by atoms with Gasteiger partial charge in [-0.3, -0.25) is 0 Å². The van der Waals surface area contributed by atoms with Crippen LogP contribution in [-0.4, -0.2) is 18.7 Å². The van der Waals surface area contributed by atoms with Crippen molar-refractivity contribution in [3.05, 3.63) is 35.6 Å². The van der Waals surface area contributed by atoms with Gasteiger partial charge in [0, 0.05) is 18.2 Å². The smallest absolute Gasteiger partial charge is 0.129 e. The highest BCUT2D eigenvalue weighted by Crippen LogP contribution is 2.25. The molecule has 106 valence electrons. The van der Waals surface area contributed by atoms with Crippen LogP contribution in [0.15, 0.2) is 24.3 Å². The third-order valence-corrected chi connectivity index (χ3v) is 3.51. The number of ether oxygens (including phenoxy) is 1. The van der Waals surface area contributed by atoms with Crippen LogP contribution in [0.1, 0.15) is 51.2 Å². The van der Waals surface area contributed by atoms with Crippen molar-refractivity contribution in [3.63, 3.8) is 0 Å². The molecule has 2 nitrogen and oxygen atoms in total. The molecule has 1 aliphatic rings. The maximum atomic E-state index is 13.9. The number of halogens is 1. The molecular weight excluding hydrogens is 241 g/mol. The summed E-state index contributed by atoms with van der Waals surface area (Å²) in [7, 11) is 0. The molecule has 0 bridgehead atoms.